The van der Waals surface area contributed by atoms with Crippen molar-refractivity contribution in [3.63, 3.8) is 0 Å². The minimum Gasteiger partial charge on any atom is -0.255 e. The molecule has 0 atom stereocenters. The van der Waals surface area contributed by atoms with Gasteiger partial charge in [0.2, 0.25) is 0 Å². The van der Waals surface area contributed by atoms with Gasteiger partial charge in [0.1, 0.15) is 0 Å². The molecule has 2 rings (SSSR count). The molecule has 0 spiro atoms. The maximum Gasteiger partial charge on any atom is 0 e. The van der Waals surface area contributed by atoms with Gasteiger partial charge in [-0.1, -0.05) is 0 Å². The maximum absolute atomic E-state index is 3.12. The molecule has 54 valence electrons. The zero-order valence-electron chi connectivity index (χ0n) is 6.62. The maximum atomic E-state index is 3.12. The van der Waals surface area contributed by atoms with Crippen LogP contribution in [0.4, 0.5) is 0 Å². The van der Waals surface area contributed by atoms with E-state index < -0.39 is 0 Å². The number of hydrogen-bond acceptors (Lipinski definition) is 0. The molecule has 0 saturated heterocycles. The predicted molar refractivity (Wildman–Crippen MR) is 41.6 cm³/mol. The summed E-state index contributed by atoms with van der Waals surface area (Å²) in [7, 11) is 0. The summed E-state index contributed by atoms with van der Waals surface area (Å²) in [6.07, 6.45) is 0. The Morgan fingerprint density at radius 1 is 1.00 bits per heavy atom. The summed E-state index contributed by atoms with van der Waals surface area (Å²) in [6, 6.07) is 18.0. The van der Waals surface area contributed by atoms with Crippen LogP contribution in [0.2, 0.25) is 0 Å². The van der Waals surface area contributed by atoms with Crippen molar-refractivity contribution in [2.45, 2.75) is 0 Å². The van der Waals surface area contributed by atoms with Crippen LogP contribution in [0, 0.1) is 12.1 Å². The molecule has 0 aliphatic heterocycles. The molecule has 0 N–H and O–H groups in total. The van der Waals surface area contributed by atoms with Crippen molar-refractivity contribution < 1.29 is 65.4 Å². The van der Waals surface area contributed by atoms with E-state index >= 15 is 0 Å². The van der Waals surface area contributed by atoms with Crippen molar-refractivity contribution in [2.24, 2.45) is 0 Å². The van der Waals surface area contributed by atoms with Crippen LogP contribution in [-0.4, -0.2) is 0 Å². The first-order valence-electron chi connectivity index (χ1n) is 3.23. The molecule has 0 saturated carbocycles. The molecule has 0 heterocycles. The Kier molecular flexibility index (Phi) is 6.86. The number of hydrogen-bond donors (Lipinski definition) is 0. The molecule has 0 aliphatic rings. The van der Waals surface area contributed by atoms with Crippen molar-refractivity contribution in [2.75, 3.05) is 0 Å². The second kappa shape index (κ2) is 6.37. The van der Waals surface area contributed by atoms with E-state index in [4.69, 9.17) is 0 Å². The zero-order valence-corrected chi connectivity index (χ0v) is 12.3. The molecule has 0 aromatic heterocycles. The minimum atomic E-state index is 0. The summed E-state index contributed by atoms with van der Waals surface area (Å²) < 4.78 is 0. The molecule has 0 bridgehead atoms. The average molecular weight is 304 g/mol. The summed E-state index contributed by atoms with van der Waals surface area (Å²) >= 11 is 0. The third-order valence-corrected chi connectivity index (χ3v) is 1.51. The van der Waals surface area contributed by atoms with Crippen molar-refractivity contribution >= 4 is 10.8 Å². The molecule has 0 nitrogen and oxygen atoms in total. The Hall–Kier alpha value is 0.908. The number of rotatable bonds is 0. The Labute approximate surface area is 123 Å². The van der Waals surface area contributed by atoms with Gasteiger partial charge in [0, 0.05) is 65.4 Å². The van der Waals surface area contributed by atoms with Crippen molar-refractivity contribution in [1.29, 1.82) is 0 Å². The quantitative estimate of drug-likeness (QED) is 0.656. The van der Waals surface area contributed by atoms with Gasteiger partial charge in [0.15, 0.2) is 0 Å². The first-order chi connectivity index (χ1) is 4.97. The van der Waals surface area contributed by atoms with E-state index in [1.807, 2.05) is 30.3 Å². The van der Waals surface area contributed by atoms with Crippen LogP contribution in [0.5, 0.6) is 0 Å². The third kappa shape index (κ3) is 3.00. The molecule has 2 heteroatoms. The van der Waals surface area contributed by atoms with E-state index in [2.05, 4.69) is 18.2 Å². The minimum absolute atomic E-state index is 0. The van der Waals surface area contributed by atoms with Gasteiger partial charge in [-0.15, -0.1) is 6.07 Å². The van der Waals surface area contributed by atoms with Gasteiger partial charge in [-0.3, -0.25) is 11.5 Å². The molecule has 2 aromatic rings. The van der Waals surface area contributed by atoms with Gasteiger partial charge in [0.25, 0.3) is 0 Å². The Bertz CT molecular complexity index is 279. The fraction of sp³-hybridized carbons (Fsp3) is 0. The monoisotopic (exact) mass is 304 g/mol. The molecule has 0 amide bonds. The first kappa shape index (κ1) is 12.9. The van der Waals surface area contributed by atoms with E-state index in [1.54, 1.807) is 0 Å². The average Bonchev–Trinajstić information content (AvgIpc) is 2.05. The van der Waals surface area contributed by atoms with Crippen LogP contribution in [0.1, 0.15) is 0 Å². The Morgan fingerprint density at radius 3 is 2.58 bits per heavy atom. The van der Waals surface area contributed by atoms with E-state index in [1.165, 1.54) is 5.39 Å². The smallest absolute Gasteiger partial charge is 0 e. The largest absolute Gasteiger partial charge is 0.255 e. The normalized spacial score (nSPS) is 8.33. The zero-order chi connectivity index (χ0) is 6.81. The van der Waals surface area contributed by atoms with E-state index in [-0.39, 0.29) is 65.4 Å². The molecule has 12 heavy (non-hydrogen) atoms. The Balaban J connectivity index is 0.000000605. The number of benzene rings is 2. The summed E-state index contributed by atoms with van der Waals surface area (Å²) in [5, 5.41) is 2.35. The van der Waals surface area contributed by atoms with Gasteiger partial charge in [0.05, 0.1) is 0 Å². The standard InChI is InChI=1S/C10H6.2Y/c1-2-6-10-8-4-3-7-9(10)5-1;;/h1-3,5,7-8H;;/q-2;;. The van der Waals surface area contributed by atoms with Gasteiger partial charge < -0.3 is 0 Å². The van der Waals surface area contributed by atoms with Crippen molar-refractivity contribution in [3.05, 3.63) is 48.5 Å². The molecule has 2 aromatic carbocycles. The molecular formula is C10H6Y2-2. The number of fused-ring (bicyclic) bond motifs is 1. The second-order valence-corrected chi connectivity index (χ2v) is 2.18. The van der Waals surface area contributed by atoms with Crippen LogP contribution in [0.3, 0.4) is 0 Å². The molecule has 0 aliphatic carbocycles. The summed E-state index contributed by atoms with van der Waals surface area (Å²) in [5.41, 5.74) is 0. The van der Waals surface area contributed by atoms with Gasteiger partial charge in [-0.25, -0.2) is 23.6 Å². The predicted octanol–water partition coefficient (Wildman–Crippen LogP) is 2.44. The molecule has 0 unspecified atom stereocenters. The van der Waals surface area contributed by atoms with Crippen LogP contribution < -0.4 is 0 Å². The molecule has 0 fully saturated rings. The SMILES string of the molecule is [Y].[Y].[c-]1ccc2ccc[c-]c2c1. The molecule has 2 radical (unpaired) electrons. The van der Waals surface area contributed by atoms with Crippen LogP contribution in [0.25, 0.3) is 10.8 Å². The van der Waals surface area contributed by atoms with Crippen molar-refractivity contribution in [3.8, 4) is 0 Å². The van der Waals surface area contributed by atoms with Gasteiger partial charge in [-0.2, -0.15) is 18.2 Å². The van der Waals surface area contributed by atoms with Crippen LogP contribution in [-0.2, 0) is 65.4 Å². The van der Waals surface area contributed by atoms with Gasteiger partial charge in [-0.05, 0) is 0 Å². The summed E-state index contributed by atoms with van der Waals surface area (Å²) in [5.74, 6) is 0. The van der Waals surface area contributed by atoms with Crippen LogP contribution in [0.15, 0.2) is 36.4 Å². The second-order valence-electron chi connectivity index (χ2n) is 2.18. The van der Waals surface area contributed by atoms with E-state index in [9.17, 15) is 0 Å². The fourth-order valence-electron chi connectivity index (χ4n) is 1.00. The summed E-state index contributed by atoms with van der Waals surface area (Å²) in [4.78, 5) is 0. The van der Waals surface area contributed by atoms with E-state index in [0.29, 0.717) is 0 Å². The molecular weight excluding hydrogens is 298 g/mol. The first-order valence-corrected chi connectivity index (χ1v) is 3.23. The third-order valence-electron chi connectivity index (χ3n) is 1.51. The fourth-order valence-corrected chi connectivity index (χ4v) is 1.00. The van der Waals surface area contributed by atoms with Crippen LogP contribution >= 0.6 is 0 Å². The summed E-state index contributed by atoms with van der Waals surface area (Å²) in [6.45, 7) is 0. The van der Waals surface area contributed by atoms with Gasteiger partial charge >= 0.3 is 0 Å². The van der Waals surface area contributed by atoms with Crippen molar-refractivity contribution in [1.82, 2.24) is 0 Å². The van der Waals surface area contributed by atoms with E-state index in [0.717, 1.165) is 5.39 Å². The Morgan fingerprint density at radius 2 is 1.83 bits per heavy atom. The topological polar surface area (TPSA) is 0 Å².